The lowest BCUT2D eigenvalue weighted by molar-refractivity contribution is -0.107. The van der Waals surface area contributed by atoms with Crippen LogP contribution >= 0.6 is 0 Å². The van der Waals surface area contributed by atoms with Gasteiger partial charge in [-0.15, -0.1) is 0 Å². The van der Waals surface area contributed by atoms with E-state index in [-0.39, 0.29) is 0 Å². The van der Waals surface area contributed by atoms with Gasteiger partial charge in [-0.25, -0.2) is 0 Å². The molecule has 2 heteroatoms. The van der Waals surface area contributed by atoms with Crippen LogP contribution in [-0.2, 0) is 4.79 Å². The lowest BCUT2D eigenvalue weighted by Gasteiger charge is -2.20. The van der Waals surface area contributed by atoms with Crippen molar-refractivity contribution in [3.63, 3.8) is 0 Å². The summed E-state index contributed by atoms with van der Waals surface area (Å²) in [4.78, 5) is 10.1. The van der Waals surface area contributed by atoms with Gasteiger partial charge in [0.2, 0.25) is 0 Å². The number of aldehydes is 1. The van der Waals surface area contributed by atoms with Crippen molar-refractivity contribution in [3.8, 4) is 0 Å². The summed E-state index contributed by atoms with van der Waals surface area (Å²) < 4.78 is 0. The Kier molecular flexibility index (Phi) is 10.7. The average Bonchev–Trinajstić information content (AvgIpc) is 2.34. The van der Waals surface area contributed by atoms with E-state index in [0.29, 0.717) is 12.8 Å². The second-order valence-corrected chi connectivity index (χ2v) is 5.11. The fraction of sp³-hybridized carbons (Fsp3) is 0.688. The minimum Gasteiger partial charge on any atom is -0.390 e. The van der Waals surface area contributed by atoms with Gasteiger partial charge in [0.1, 0.15) is 6.29 Å². The van der Waals surface area contributed by atoms with Crippen LogP contribution in [0.5, 0.6) is 0 Å². The number of carbonyl (C=O) groups excluding carboxylic acids is 1. The van der Waals surface area contributed by atoms with E-state index < -0.39 is 5.60 Å². The third kappa shape index (κ3) is 11.6. The van der Waals surface area contributed by atoms with Crippen LogP contribution in [0.3, 0.4) is 0 Å². The fourth-order valence-corrected chi connectivity index (χ4v) is 1.72. The van der Waals surface area contributed by atoms with Crippen molar-refractivity contribution in [2.24, 2.45) is 0 Å². The molecule has 1 N–H and O–H groups in total. The van der Waals surface area contributed by atoms with E-state index in [2.05, 4.69) is 13.0 Å². The number of unbranched alkanes of at least 4 members (excludes halogenated alkanes) is 4. The predicted octanol–water partition coefficient (Wildman–Crippen LogP) is 4.19. The Balaban J connectivity index is 3.62. The SMILES string of the molecule is CCCCC(C)(O)C/C=C/C=C/CCCCC=O. The molecule has 0 aromatic heterocycles. The van der Waals surface area contributed by atoms with Crippen LogP contribution in [-0.4, -0.2) is 17.0 Å². The summed E-state index contributed by atoms with van der Waals surface area (Å²) in [7, 11) is 0. The van der Waals surface area contributed by atoms with Gasteiger partial charge in [0.25, 0.3) is 0 Å². The second-order valence-electron chi connectivity index (χ2n) is 5.11. The molecule has 0 aliphatic carbocycles. The summed E-state index contributed by atoms with van der Waals surface area (Å²) >= 11 is 0. The first-order valence-electron chi connectivity index (χ1n) is 7.10. The van der Waals surface area contributed by atoms with Gasteiger partial charge in [0, 0.05) is 6.42 Å². The van der Waals surface area contributed by atoms with Crippen LogP contribution in [0.4, 0.5) is 0 Å². The molecule has 1 atom stereocenters. The average molecular weight is 252 g/mol. The van der Waals surface area contributed by atoms with Crippen LogP contribution in [0.25, 0.3) is 0 Å². The lowest BCUT2D eigenvalue weighted by Crippen LogP contribution is -2.22. The maximum Gasteiger partial charge on any atom is 0.119 e. The topological polar surface area (TPSA) is 37.3 Å². The van der Waals surface area contributed by atoms with Crippen LogP contribution in [0.15, 0.2) is 24.3 Å². The van der Waals surface area contributed by atoms with Gasteiger partial charge < -0.3 is 9.90 Å². The fourth-order valence-electron chi connectivity index (χ4n) is 1.72. The molecule has 104 valence electrons. The van der Waals surface area contributed by atoms with Crippen LogP contribution in [0.2, 0.25) is 0 Å². The normalized spacial score (nSPS) is 15.3. The largest absolute Gasteiger partial charge is 0.390 e. The monoisotopic (exact) mass is 252 g/mol. The highest BCUT2D eigenvalue weighted by atomic mass is 16.3. The molecular formula is C16H28O2. The zero-order valence-corrected chi connectivity index (χ0v) is 11.9. The van der Waals surface area contributed by atoms with Crippen LogP contribution < -0.4 is 0 Å². The molecule has 0 bridgehead atoms. The molecule has 0 spiro atoms. The standard InChI is InChI=1S/C16H28O2/c1-3-4-13-16(2,18)14-11-9-7-5-6-8-10-12-15-17/h5,7,9,11,15,18H,3-4,6,8,10,12-14H2,1-2H3/b7-5+,11-9+. The van der Waals surface area contributed by atoms with E-state index in [9.17, 15) is 9.90 Å². The van der Waals surface area contributed by atoms with Crippen LogP contribution in [0.1, 0.15) is 65.2 Å². The minimum absolute atomic E-state index is 0.565. The number of carbonyl (C=O) groups is 1. The molecule has 2 nitrogen and oxygen atoms in total. The predicted molar refractivity (Wildman–Crippen MR) is 77.6 cm³/mol. The zero-order valence-electron chi connectivity index (χ0n) is 11.9. The molecule has 0 saturated carbocycles. The summed E-state index contributed by atoms with van der Waals surface area (Å²) in [6.07, 6.45) is 16.6. The maximum absolute atomic E-state index is 10.1. The van der Waals surface area contributed by atoms with Gasteiger partial charge in [-0.2, -0.15) is 0 Å². The Morgan fingerprint density at radius 2 is 1.72 bits per heavy atom. The second kappa shape index (κ2) is 11.2. The van der Waals surface area contributed by atoms with Gasteiger partial charge in [-0.05, 0) is 39.0 Å². The lowest BCUT2D eigenvalue weighted by atomic mass is 9.95. The van der Waals surface area contributed by atoms with Crippen molar-refractivity contribution in [1.82, 2.24) is 0 Å². The summed E-state index contributed by atoms with van der Waals surface area (Å²) in [6, 6.07) is 0. The summed E-state index contributed by atoms with van der Waals surface area (Å²) in [5.74, 6) is 0. The number of rotatable bonds is 11. The molecule has 0 saturated heterocycles. The molecule has 0 aliphatic rings. The molecule has 0 heterocycles. The molecule has 0 aliphatic heterocycles. The quantitative estimate of drug-likeness (QED) is 0.340. The summed E-state index contributed by atoms with van der Waals surface area (Å²) in [5, 5.41) is 10.0. The van der Waals surface area contributed by atoms with Crippen molar-refractivity contribution in [2.75, 3.05) is 0 Å². The molecular weight excluding hydrogens is 224 g/mol. The first-order chi connectivity index (χ1) is 8.62. The van der Waals surface area contributed by atoms with Crippen molar-refractivity contribution < 1.29 is 9.90 Å². The summed E-state index contributed by atoms with van der Waals surface area (Å²) in [6.45, 7) is 4.04. The smallest absolute Gasteiger partial charge is 0.119 e. The van der Waals surface area contributed by atoms with E-state index in [4.69, 9.17) is 0 Å². The summed E-state index contributed by atoms with van der Waals surface area (Å²) in [5.41, 5.74) is -0.565. The molecule has 0 radical (unpaired) electrons. The Labute approximate surface area is 112 Å². The van der Waals surface area contributed by atoms with E-state index in [1.807, 2.05) is 25.2 Å². The van der Waals surface area contributed by atoms with E-state index in [0.717, 1.165) is 44.8 Å². The Bertz CT molecular complexity index is 252. The third-order valence-corrected chi connectivity index (χ3v) is 2.95. The highest BCUT2D eigenvalue weighted by Crippen LogP contribution is 2.18. The van der Waals surface area contributed by atoms with Gasteiger partial charge >= 0.3 is 0 Å². The van der Waals surface area contributed by atoms with E-state index in [1.165, 1.54) is 0 Å². The molecule has 0 aromatic carbocycles. The number of hydrogen-bond donors (Lipinski definition) is 1. The van der Waals surface area contributed by atoms with E-state index in [1.54, 1.807) is 0 Å². The van der Waals surface area contributed by atoms with Crippen molar-refractivity contribution in [1.29, 1.82) is 0 Å². The molecule has 0 aromatic rings. The minimum atomic E-state index is -0.565. The molecule has 18 heavy (non-hydrogen) atoms. The first kappa shape index (κ1) is 17.1. The Morgan fingerprint density at radius 1 is 1.06 bits per heavy atom. The Hall–Kier alpha value is -0.890. The molecule has 0 amide bonds. The van der Waals surface area contributed by atoms with Crippen molar-refractivity contribution in [2.45, 2.75) is 70.8 Å². The molecule has 1 unspecified atom stereocenters. The van der Waals surface area contributed by atoms with Crippen molar-refractivity contribution >= 4 is 6.29 Å². The number of aliphatic hydroxyl groups is 1. The van der Waals surface area contributed by atoms with Gasteiger partial charge in [0.05, 0.1) is 5.60 Å². The highest BCUT2D eigenvalue weighted by Gasteiger charge is 2.16. The zero-order chi connectivity index (χ0) is 13.7. The van der Waals surface area contributed by atoms with Crippen LogP contribution in [0, 0.1) is 0 Å². The van der Waals surface area contributed by atoms with Crippen molar-refractivity contribution in [3.05, 3.63) is 24.3 Å². The molecule has 0 rings (SSSR count). The van der Waals surface area contributed by atoms with Gasteiger partial charge in [-0.1, -0.05) is 44.1 Å². The third-order valence-electron chi connectivity index (χ3n) is 2.95. The Morgan fingerprint density at radius 3 is 2.39 bits per heavy atom. The van der Waals surface area contributed by atoms with Gasteiger partial charge in [-0.3, -0.25) is 0 Å². The molecule has 0 fully saturated rings. The number of hydrogen-bond acceptors (Lipinski definition) is 2. The number of allylic oxidation sites excluding steroid dienone is 3. The van der Waals surface area contributed by atoms with E-state index >= 15 is 0 Å². The first-order valence-corrected chi connectivity index (χ1v) is 7.10. The van der Waals surface area contributed by atoms with Gasteiger partial charge in [0.15, 0.2) is 0 Å². The highest BCUT2D eigenvalue weighted by molar-refractivity contribution is 5.48. The maximum atomic E-state index is 10.1.